The van der Waals surface area contributed by atoms with Crippen molar-refractivity contribution in [2.45, 2.75) is 46.1 Å². The third-order valence-corrected chi connectivity index (χ3v) is 5.58. The first kappa shape index (κ1) is 11.9. The van der Waals surface area contributed by atoms with Crippen molar-refractivity contribution in [1.82, 2.24) is 10.6 Å². The summed E-state index contributed by atoms with van der Waals surface area (Å²) in [5.41, 5.74) is 0.791. The Balaban J connectivity index is 2.02. The van der Waals surface area contributed by atoms with E-state index < -0.39 is 0 Å². The molecule has 92 valence electrons. The fraction of sp³-hybridized carbons (Fsp3) is 0.923. The van der Waals surface area contributed by atoms with Gasteiger partial charge in [0.15, 0.2) is 0 Å². The average Bonchev–Trinajstić information content (AvgIpc) is 2.58. The first-order chi connectivity index (χ1) is 7.41. The molecule has 1 amide bonds. The Labute approximate surface area is 98.4 Å². The molecular formula is C13H24N2O. The van der Waals surface area contributed by atoms with Crippen molar-refractivity contribution in [3.05, 3.63) is 0 Å². The molecule has 0 aromatic rings. The van der Waals surface area contributed by atoms with Gasteiger partial charge in [-0.05, 0) is 36.0 Å². The fourth-order valence-corrected chi connectivity index (χ4v) is 3.82. The Morgan fingerprint density at radius 3 is 2.50 bits per heavy atom. The lowest BCUT2D eigenvalue weighted by molar-refractivity contribution is -0.120. The van der Waals surface area contributed by atoms with Crippen LogP contribution in [0.15, 0.2) is 0 Å². The van der Waals surface area contributed by atoms with Crippen molar-refractivity contribution in [1.29, 1.82) is 0 Å². The van der Waals surface area contributed by atoms with E-state index in [1.165, 1.54) is 19.3 Å². The van der Waals surface area contributed by atoms with Crippen LogP contribution in [0.1, 0.15) is 40.0 Å². The molecule has 2 aliphatic carbocycles. The van der Waals surface area contributed by atoms with Crippen molar-refractivity contribution in [2.24, 2.45) is 16.7 Å². The lowest BCUT2D eigenvalue weighted by Crippen LogP contribution is -2.47. The second-order valence-corrected chi connectivity index (χ2v) is 6.22. The minimum absolute atomic E-state index is 0.0872. The summed E-state index contributed by atoms with van der Waals surface area (Å²) in [6, 6.07) is 0.513. The van der Waals surface area contributed by atoms with E-state index in [-0.39, 0.29) is 5.91 Å². The molecule has 3 nitrogen and oxygen atoms in total. The van der Waals surface area contributed by atoms with Crippen LogP contribution in [0, 0.1) is 16.7 Å². The smallest absolute Gasteiger partial charge is 0.233 e. The Bertz CT molecular complexity index is 300. The molecule has 3 heteroatoms. The van der Waals surface area contributed by atoms with Crippen LogP contribution in [-0.4, -0.2) is 25.5 Å². The summed E-state index contributed by atoms with van der Waals surface area (Å²) >= 11 is 0. The molecule has 0 spiro atoms. The monoisotopic (exact) mass is 224 g/mol. The van der Waals surface area contributed by atoms with E-state index in [2.05, 4.69) is 31.4 Å². The van der Waals surface area contributed by atoms with E-state index in [4.69, 9.17) is 0 Å². The van der Waals surface area contributed by atoms with Gasteiger partial charge in [-0.25, -0.2) is 0 Å². The standard InChI is InChI=1S/C13H24N2O/c1-12(2)9-5-6-13(12,3)10(7-9)15-8-11(16)14-4/h9-10,15H,5-8H2,1-4H3,(H,14,16)/t9?,10?,13-/m1/s1. The summed E-state index contributed by atoms with van der Waals surface area (Å²) in [4.78, 5) is 11.3. The van der Waals surface area contributed by atoms with Crippen molar-refractivity contribution < 1.29 is 4.79 Å². The number of hydrogen-bond acceptors (Lipinski definition) is 2. The third-order valence-electron chi connectivity index (χ3n) is 5.58. The summed E-state index contributed by atoms with van der Waals surface area (Å²) in [7, 11) is 1.69. The average molecular weight is 224 g/mol. The van der Waals surface area contributed by atoms with Gasteiger partial charge in [-0.2, -0.15) is 0 Å². The van der Waals surface area contributed by atoms with Gasteiger partial charge in [0.25, 0.3) is 0 Å². The van der Waals surface area contributed by atoms with E-state index in [9.17, 15) is 4.79 Å². The van der Waals surface area contributed by atoms with Crippen molar-refractivity contribution in [2.75, 3.05) is 13.6 Å². The number of nitrogens with one attached hydrogen (secondary N) is 2. The zero-order valence-electron chi connectivity index (χ0n) is 10.9. The van der Waals surface area contributed by atoms with E-state index in [0.29, 0.717) is 23.4 Å². The van der Waals surface area contributed by atoms with Gasteiger partial charge in [-0.15, -0.1) is 0 Å². The molecule has 0 radical (unpaired) electrons. The van der Waals surface area contributed by atoms with Gasteiger partial charge in [-0.3, -0.25) is 4.79 Å². The van der Waals surface area contributed by atoms with Crippen LogP contribution in [0.5, 0.6) is 0 Å². The Morgan fingerprint density at radius 2 is 2.06 bits per heavy atom. The lowest BCUT2D eigenvalue weighted by Gasteiger charge is -2.39. The van der Waals surface area contributed by atoms with E-state index in [0.717, 1.165) is 5.92 Å². The molecule has 2 N–H and O–H groups in total. The molecule has 3 atom stereocenters. The van der Waals surface area contributed by atoms with Gasteiger partial charge in [0, 0.05) is 13.1 Å². The van der Waals surface area contributed by atoms with Gasteiger partial charge in [0.1, 0.15) is 0 Å². The van der Waals surface area contributed by atoms with Gasteiger partial charge in [0.2, 0.25) is 5.91 Å². The zero-order chi connectivity index (χ0) is 12.0. The molecule has 0 aromatic carbocycles. The van der Waals surface area contributed by atoms with E-state index in [1.54, 1.807) is 7.05 Å². The predicted octanol–water partition coefficient (Wildman–Crippen LogP) is 1.54. The first-order valence-corrected chi connectivity index (χ1v) is 6.36. The number of carbonyl (C=O) groups is 1. The summed E-state index contributed by atoms with van der Waals surface area (Å²) in [6.07, 6.45) is 3.90. The highest BCUT2D eigenvalue weighted by Gasteiger charge is 2.60. The van der Waals surface area contributed by atoms with E-state index in [1.807, 2.05) is 0 Å². The number of likely N-dealkylation sites (N-methyl/N-ethyl adjacent to an activating group) is 1. The molecule has 2 bridgehead atoms. The second kappa shape index (κ2) is 3.73. The number of fused-ring (bicyclic) bond motifs is 2. The minimum atomic E-state index is 0.0872. The zero-order valence-corrected chi connectivity index (χ0v) is 10.9. The number of hydrogen-bond donors (Lipinski definition) is 2. The Kier molecular flexibility index (Phi) is 2.77. The largest absolute Gasteiger partial charge is 0.358 e. The molecule has 2 unspecified atom stereocenters. The topological polar surface area (TPSA) is 41.1 Å². The van der Waals surface area contributed by atoms with Gasteiger partial charge < -0.3 is 10.6 Å². The highest BCUT2D eigenvalue weighted by atomic mass is 16.1. The fourth-order valence-electron chi connectivity index (χ4n) is 3.82. The maximum Gasteiger partial charge on any atom is 0.233 e. The summed E-state index contributed by atoms with van der Waals surface area (Å²) in [6.45, 7) is 7.64. The molecule has 0 aliphatic heterocycles. The van der Waals surface area contributed by atoms with Crippen LogP contribution in [0.4, 0.5) is 0 Å². The highest BCUT2D eigenvalue weighted by molar-refractivity contribution is 5.77. The second-order valence-electron chi connectivity index (χ2n) is 6.22. The maximum absolute atomic E-state index is 11.3. The quantitative estimate of drug-likeness (QED) is 0.763. The van der Waals surface area contributed by atoms with Crippen LogP contribution >= 0.6 is 0 Å². The van der Waals surface area contributed by atoms with Crippen molar-refractivity contribution in [3.63, 3.8) is 0 Å². The molecule has 2 fully saturated rings. The molecule has 2 rings (SSSR count). The first-order valence-electron chi connectivity index (χ1n) is 6.36. The van der Waals surface area contributed by atoms with Gasteiger partial charge in [0.05, 0.1) is 6.54 Å². The molecule has 0 saturated heterocycles. The molecule has 16 heavy (non-hydrogen) atoms. The van der Waals surface area contributed by atoms with Crippen molar-refractivity contribution in [3.8, 4) is 0 Å². The van der Waals surface area contributed by atoms with Crippen molar-refractivity contribution >= 4 is 5.91 Å². The van der Waals surface area contributed by atoms with Crippen LogP contribution in [0.3, 0.4) is 0 Å². The number of carbonyl (C=O) groups excluding carboxylic acids is 1. The predicted molar refractivity (Wildman–Crippen MR) is 65.1 cm³/mol. The van der Waals surface area contributed by atoms with Crippen LogP contribution in [-0.2, 0) is 4.79 Å². The molecule has 0 aromatic heterocycles. The summed E-state index contributed by atoms with van der Waals surface area (Å²) < 4.78 is 0. The normalized spacial score (nSPS) is 40.0. The summed E-state index contributed by atoms with van der Waals surface area (Å²) in [5.74, 6) is 0.920. The number of amides is 1. The molecule has 0 heterocycles. The highest BCUT2D eigenvalue weighted by Crippen LogP contribution is 2.65. The van der Waals surface area contributed by atoms with Crippen LogP contribution < -0.4 is 10.6 Å². The van der Waals surface area contributed by atoms with Crippen LogP contribution in [0.25, 0.3) is 0 Å². The van der Waals surface area contributed by atoms with Gasteiger partial charge in [-0.1, -0.05) is 20.8 Å². The Morgan fingerprint density at radius 1 is 1.38 bits per heavy atom. The SMILES string of the molecule is CNC(=O)CNC1CC2CC[C@@]1(C)C2(C)C. The summed E-state index contributed by atoms with van der Waals surface area (Å²) in [5, 5.41) is 6.11. The maximum atomic E-state index is 11.3. The van der Waals surface area contributed by atoms with Crippen LogP contribution in [0.2, 0.25) is 0 Å². The Hall–Kier alpha value is -0.570. The molecule has 2 saturated carbocycles. The lowest BCUT2D eigenvalue weighted by atomic mass is 9.69. The third kappa shape index (κ3) is 1.48. The molecular weight excluding hydrogens is 200 g/mol. The minimum Gasteiger partial charge on any atom is -0.358 e. The van der Waals surface area contributed by atoms with Gasteiger partial charge >= 0.3 is 0 Å². The molecule has 2 aliphatic rings. The number of rotatable bonds is 3. The van der Waals surface area contributed by atoms with E-state index >= 15 is 0 Å².